The van der Waals surface area contributed by atoms with Crippen LogP contribution in [0.15, 0.2) is 96.0 Å². The molecule has 1 unspecified atom stereocenters. The first-order chi connectivity index (χ1) is 12.6. The molecular weight excluding hydrogens is 318 g/mol. The van der Waals surface area contributed by atoms with Crippen molar-refractivity contribution in [1.29, 1.82) is 0 Å². The van der Waals surface area contributed by atoms with E-state index < -0.39 is 5.60 Å². The SMILES string of the molecule is CC(C)C(O)(CC(=Nc1ccccc1)c1ccccc1)c1ccccc1. The van der Waals surface area contributed by atoms with Crippen molar-refractivity contribution < 1.29 is 5.11 Å². The fraction of sp³-hybridized carbons (Fsp3) is 0.208. The van der Waals surface area contributed by atoms with Crippen LogP contribution in [0.5, 0.6) is 0 Å². The van der Waals surface area contributed by atoms with Crippen LogP contribution in [-0.4, -0.2) is 10.8 Å². The lowest BCUT2D eigenvalue weighted by Gasteiger charge is -2.33. The van der Waals surface area contributed by atoms with E-state index in [9.17, 15) is 5.11 Å². The summed E-state index contributed by atoms with van der Waals surface area (Å²) < 4.78 is 0. The summed E-state index contributed by atoms with van der Waals surface area (Å²) in [4.78, 5) is 4.88. The molecule has 0 bridgehead atoms. The zero-order chi connectivity index (χ0) is 18.4. The summed E-state index contributed by atoms with van der Waals surface area (Å²) in [5.74, 6) is 0.0505. The van der Waals surface area contributed by atoms with Crippen LogP contribution in [0.2, 0.25) is 0 Å². The van der Waals surface area contributed by atoms with E-state index in [0.717, 1.165) is 22.5 Å². The van der Waals surface area contributed by atoms with Crippen molar-refractivity contribution in [3.8, 4) is 0 Å². The van der Waals surface area contributed by atoms with E-state index in [1.807, 2.05) is 91.0 Å². The molecule has 0 saturated carbocycles. The average Bonchev–Trinajstić information content (AvgIpc) is 2.69. The molecule has 0 spiro atoms. The maximum Gasteiger partial charge on any atom is 0.0974 e. The van der Waals surface area contributed by atoms with E-state index in [4.69, 9.17) is 4.99 Å². The molecule has 0 aliphatic carbocycles. The molecule has 0 amide bonds. The highest BCUT2D eigenvalue weighted by atomic mass is 16.3. The molecule has 0 aliphatic heterocycles. The minimum atomic E-state index is -0.981. The smallest absolute Gasteiger partial charge is 0.0974 e. The van der Waals surface area contributed by atoms with Gasteiger partial charge in [0, 0.05) is 6.42 Å². The van der Waals surface area contributed by atoms with E-state index in [2.05, 4.69) is 13.8 Å². The third-order valence-corrected chi connectivity index (χ3v) is 4.79. The van der Waals surface area contributed by atoms with Gasteiger partial charge in [-0.25, -0.2) is 0 Å². The molecule has 132 valence electrons. The van der Waals surface area contributed by atoms with Crippen molar-refractivity contribution in [2.24, 2.45) is 10.9 Å². The molecule has 26 heavy (non-hydrogen) atoms. The first kappa shape index (κ1) is 18.1. The lowest BCUT2D eigenvalue weighted by Crippen LogP contribution is -2.35. The average molecular weight is 343 g/mol. The molecule has 2 nitrogen and oxygen atoms in total. The van der Waals surface area contributed by atoms with Gasteiger partial charge >= 0.3 is 0 Å². The summed E-state index contributed by atoms with van der Waals surface area (Å²) in [6, 6.07) is 29.9. The predicted octanol–water partition coefficient (Wildman–Crippen LogP) is 5.74. The van der Waals surface area contributed by atoms with Gasteiger partial charge in [-0.1, -0.05) is 92.7 Å². The fourth-order valence-corrected chi connectivity index (χ4v) is 3.12. The van der Waals surface area contributed by atoms with Crippen molar-refractivity contribution in [3.05, 3.63) is 102 Å². The van der Waals surface area contributed by atoms with E-state index in [-0.39, 0.29) is 5.92 Å². The van der Waals surface area contributed by atoms with Gasteiger partial charge in [0.2, 0.25) is 0 Å². The number of rotatable bonds is 6. The van der Waals surface area contributed by atoms with E-state index in [0.29, 0.717) is 6.42 Å². The molecule has 3 aromatic carbocycles. The van der Waals surface area contributed by atoms with Crippen LogP contribution >= 0.6 is 0 Å². The molecule has 3 rings (SSSR count). The molecular formula is C24H25NO. The maximum absolute atomic E-state index is 11.6. The summed E-state index contributed by atoms with van der Waals surface area (Å²) in [6.45, 7) is 4.11. The Morgan fingerprint density at radius 3 is 1.85 bits per heavy atom. The molecule has 0 aliphatic rings. The Bertz CT molecular complexity index is 841. The second-order valence-corrected chi connectivity index (χ2v) is 6.88. The standard InChI is InChI=1S/C24H25NO/c1-19(2)24(26,21-14-8-4-9-15-21)18-23(20-12-6-3-7-13-20)25-22-16-10-5-11-17-22/h3-17,19,26H,18H2,1-2H3. The van der Waals surface area contributed by atoms with Gasteiger partial charge in [-0.2, -0.15) is 0 Å². The molecule has 0 aromatic heterocycles. The van der Waals surface area contributed by atoms with Crippen molar-refractivity contribution in [2.45, 2.75) is 25.9 Å². The third kappa shape index (κ3) is 4.09. The largest absolute Gasteiger partial charge is 0.384 e. The molecule has 1 N–H and O–H groups in total. The van der Waals surface area contributed by atoms with E-state index in [1.54, 1.807) is 0 Å². The summed E-state index contributed by atoms with van der Waals surface area (Å²) in [7, 11) is 0. The number of aliphatic imine (C=N–C) groups is 1. The zero-order valence-electron chi connectivity index (χ0n) is 15.3. The summed E-state index contributed by atoms with van der Waals surface area (Å²) in [5, 5.41) is 11.6. The monoisotopic (exact) mass is 343 g/mol. The Morgan fingerprint density at radius 2 is 1.31 bits per heavy atom. The topological polar surface area (TPSA) is 32.6 Å². The number of benzene rings is 3. The minimum absolute atomic E-state index is 0.0505. The van der Waals surface area contributed by atoms with Crippen molar-refractivity contribution >= 4 is 11.4 Å². The number of hydrogen-bond acceptors (Lipinski definition) is 2. The molecule has 0 fully saturated rings. The lowest BCUT2D eigenvalue weighted by atomic mass is 9.78. The normalized spacial score (nSPS) is 14.2. The lowest BCUT2D eigenvalue weighted by molar-refractivity contribution is -0.00297. The summed E-state index contributed by atoms with van der Waals surface area (Å²) >= 11 is 0. The second kappa shape index (κ2) is 8.11. The first-order valence-electron chi connectivity index (χ1n) is 9.05. The Kier molecular flexibility index (Phi) is 5.65. The highest BCUT2D eigenvalue weighted by Crippen LogP contribution is 2.35. The van der Waals surface area contributed by atoms with Crippen LogP contribution in [0, 0.1) is 5.92 Å². The van der Waals surface area contributed by atoms with Crippen LogP contribution in [0.1, 0.15) is 31.4 Å². The maximum atomic E-state index is 11.6. The van der Waals surface area contributed by atoms with Gasteiger partial charge in [0.25, 0.3) is 0 Å². The highest BCUT2D eigenvalue weighted by Gasteiger charge is 2.34. The van der Waals surface area contributed by atoms with Crippen LogP contribution in [0.4, 0.5) is 5.69 Å². The van der Waals surface area contributed by atoms with E-state index >= 15 is 0 Å². The quantitative estimate of drug-likeness (QED) is 0.569. The minimum Gasteiger partial charge on any atom is -0.384 e. The molecule has 2 heteroatoms. The second-order valence-electron chi connectivity index (χ2n) is 6.88. The van der Waals surface area contributed by atoms with Crippen LogP contribution in [-0.2, 0) is 5.60 Å². The van der Waals surface area contributed by atoms with Gasteiger partial charge in [0.1, 0.15) is 0 Å². The predicted molar refractivity (Wildman–Crippen MR) is 109 cm³/mol. The molecule has 3 aromatic rings. The van der Waals surface area contributed by atoms with Crippen molar-refractivity contribution in [1.82, 2.24) is 0 Å². The van der Waals surface area contributed by atoms with Crippen LogP contribution in [0.25, 0.3) is 0 Å². The van der Waals surface area contributed by atoms with Gasteiger partial charge < -0.3 is 5.11 Å². The molecule has 1 atom stereocenters. The van der Waals surface area contributed by atoms with Gasteiger partial charge in [-0.3, -0.25) is 4.99 Å². The van der Waals surface area contributed by atoms with E-state index in [1.165, 1.54) is 0 Å². The van der Waals surface area contributed by atoms with Crippen molar-refractivity contribution in [2.75, 3.05) is 0 Å². The molecule has 0 saturated heterocycles. The first-order valence-corrected chi connectivity index (χ1v) is 9.05. The third-order valence-electron chi connectivity index (χ3n) is 4.79. The Hall–Kier alpha value is -2.71. The number of aliphatic hydroxyl groups is 1. The molecule has 0 radical (unpaired) electrons. The van der Waals surface area contributed by atoms with Crippen LogP contribution < -0.4 is 0 Å². The molecule has 0 heterocycles. The number of nitrogens with zero attached hydrogens (tertiary/aromatic N) is 1. The number of para-hydroxylation sites is 1. The summed E-state index contributed by atoms with van der Waals surface area (Å²) in [5.41, 5.74) is 2.76. The van der Waals surface area contributed by atoms with Gasteiger partial charge in [-0.05, 0) is 29.2 Å². The zero-order valence-corrected chi connectivity index (χ0v) is 15.3. The summed E-state index contributed by atoms with van der Waals surface area (Å²) in [6.07, 6.45) is 0.452. The van der Waals surface area contributed by atoms with Crippen molar-refractivity contribution in [3.63, 3.8) is 0 Å². The Balaban J connectivity index is 2.06. The Morgan fingerprint density at radius 1 is 0.808 bits per heavy atom. The number of hydrogen-bond donors (Lipinski definition) is 1. The van der Waals surface area contributed by atoms with Gasteiger partial charge in [0.15, 0.2) is 0 Å². The van der Waals surface area contributed by atoms with Gasteiger partial charge in [-0.15, -0.1) is 0 Å². The highest BCUT2D eigenvalue weighted by molar-refractivity contribution is 6.02. The fourth-order valence-electron chi connectivity index (χ4n) is 3.12. The van der Waals surface area contributed by atoms with Gasteiger partial charge in [0.05, 0.1) is 17.0 Å². The van der Waals surface area contributed by atoms with Crippen LogP contribution in [0.3, 0.4) is 0 Å². The Labute approximate surface area is 155 Å².